The lowest BCUT2D eigenvalue weighted by Gasteiger charge is -2.13. The maximum atomic E-state index is 12.7. The number of carbonyl (C=O) groups excluding carboxylic acids is 1. The monoisotopic (exact) mass is 400 g/mol. The van der Waals surface area contributed by atoms with Gasteiger partial charge in [-0.25, -0.2) is 0 Å². The molecule has 0 aliphatic rings. The van der Waals surface area contributed by atoms with Crippen LogP contribution in [0.1, 0.15) is 47.2 Å². The molecule has 0 aliphatic heterocycles. The molecular weight excluding hydrogens is 376 g/mol. The lowest BCUT2D eigenvalue weighted by Crippen LogP contribution is -2.08. The quantitative estimate of drug-likeness (QED) is 0.420. The van der Waals surface area contributed by atoms with Crippen LogP contribution in [0.4, 0.5) is 5.13 Å². The summed E-state index contributed by atoms with van der Waals surface area (Å²) in [7, 11) is 0. The largest absolute Gasteiger partial charge is 0.356 e. The number of carbonyl (C=O) groups is 1. The zero-order chi connectivity index (χ0) is 19.4. The van der Waals surface area contributed by atoms with Gasteiger partial charge >= 0.3 is 0 Å². The van der Waals surface area contributed by atoms with E-state index in [0.717, 1.165) is 26.4 Å². The Labute approximate surface area is 168 Å². The van der Waals surface area contributed by atoms with Crippen LogP contribution >= 0.6 is 23.1 Å². The van der Waals surface area contributed by atoms with Gasteiger partial charge in [0.25, 0.3) is 0 Å². The van der Waals surface area contributed by atoms with Gasteiger partial charge in [0, 0.05) is 29.5 Å². The molecule has 3 rings (SSSR count). The van der Waals surface area contributed by atoms with E-state index in [0.29, 0.717) is 18.3 Å². The Bertz CT molecular complexity index is 915. The highest BCUT2D eigenvalue weighted by molar-refractivity contribution is 8.01. The van der Waals surface area contributed by atoms with Gasteiger partial charge < -0.3 is 9.88 Å². The van der Waals surface area contributed by atoms with Crippen molar-refractivity contribution >= 4 is 34.0 Å². The van der Waals surface area contributed by atoms with E-state index in [1.807, 2.05) is 38.1 Å². The maximum Gasteiger partial charge on any atom is 0.206 e. The van der Waals surface area contributed by atoms with Gasteiger partial charge in [-0.15, -0.1) is 10.2 Å². The number of hydrogen-bond acceptors (Lipinski definition) is 6. The average molecular weight is 401 g/mol. The van der Waals surface area contributed by atoms with Crippen LogP contribution in [-0.4, -0.2) is 26.3 Å². The standard InChI is InChI=1S/C20H24N4OS2/c1-13(2)24-14(3)10-17(15(24)4)18(25)12-26-20-23-22-19(27-20)21-11-16-8-6-5-7-9-16/h5-10,13H,11-12H2,1-4H3,(H,21,22). The van der Waals surface area contributed by atoms with Crippen molar-refractivity contribution < 1.29 is 4.79 Å². The third kappa shape index (κ3) is 4.78. The van der Waals surface area contributed by atoms with E-state index in [1.54, 1.807) is 0 Å². The Morgan fingerprint density at radius 1 is 1.22 bits per heavy atom. The molecule has 0 aliphatic carbocycles. The van der Waals surface area contributed by atoms with Crippen molar-refractivity contribution in [1.29, 1.82) is 0 Å². The molecule has 1 aromatic carbocycles. The number of ketones is 1. The van der Waals surface area contributed by atoms with E-state index in [4.69, 9.17) is 0 Å². The maximum absolute atomic E-state index is 12.7. The summed E-state index contributed by atoms with van der Waals surface area (Å²) in [6.45, 7) is 9.04. The SMILES string of the molecule is Cc1cc(C(=O)CSc2nnc(NCc3ccccc3)s2)c(C)n1C(C)C. The molecule has 7 heteroatoms. The van der Waals surface area contributed by atoms with Crippen LogP contribution in [0.15, 0.2) is 40.7 Å². The van der Waals surface area contributed by atoms with Gasteiger partial charge in [0.05, 0.1) is 5.75 Å². The molecule has 0 unspecified atom stereocenters. The molecular formula is C20H24N4OS2. The first-order valence-electron chi connectivity index (χ1n) is 8.91. The first-order chi connectivity index (χ1) is 13.0. The van der Waals surface area contributed by atoms with Crippen LogP contribution in [0, 0.1) is 13.8 Å². The Morgan fingerprint density at radius 3 is 2.63 bits per heavy atom. The van der Waals surface area contributed by atoms with Crippen LogP contribution in [0.3, 0.4) is 0 Å². The van der Waals surface area contributed by atoms with Crippen LogP contribution in [0.25, 0.3) is 0 Å². The smallest absolute Gasteiger partial charge is 0.206 e. The molecule has 2 heterocycles. The zero-order valence-electron chi connectivity index (χ0n) is 16.0. The van der Waals surface area contributed by atoms with Crippen LogP contribution in [-0.2, 0) is 6.54 Å². The van der Waals surface area contributed by atoms with Gasteiger partial charge in [-0.1, -0.05) is 53.4 Å². The molecule has 0 atom stereocenters. The van der Waals surface area contributed by atoms with Crippen molar-refractivity contribution in [2.24, 2.45) is 0 Å². The van der Waals surface area contributed by atoms with Crippen molar-refractivity contribution in [3.05, 3.63) is 58.9 Å². The van der Waals surface area contributed by atoms with Crippen LogP contribution < -0.4 is 5.32 Å². The van der Waals surface area contributed by atoms with Crippen LogP contribution in [0.5, 0.6) is 0 Å². The van der Waals surface area contributed by atoms with Gasteiger partial charge in [-0.05, 0) is 39.3 Å². The van der Waals surface area contributed by atoms with E-state index in [2.05, 4.69) is 46.1 Å². The molecule has 0 spiro atoms. The number of anilines is 1. The summed E-state index contributed by atoms with van der Waals surface area (Å²) in [6.07, 6.45) is 0. The highest BCUT2D eigenvalue weighted by Crippen LogP contribution is 2.28. The number of aromatic nitrogens is 3. The summed E-state index contributed by atoms with van der Waals surface area (Å²) in [5.74, 6) is 0.504. The average Bonchev–Trinajstić information content (AvgIpc) is 3.22. The molecule has 2 aromatic heterocycles. The second kappa shape index (κ2) is 8.71. The van der Waals surface area contributed by atoms with Gasteiger partial charge in [-0.2, -0.15) is 0 Å². The van der Waals surface area contributed by atoms with Gasteiger partial charge in [0.2, 0.25) is 5.13 Å². The minimum Gasteiger partial charge on any atom is -0.356 e. The predicted octanol–water partition coefficient (Wildman–Crippen LogP) is 5.12. The van der Waals surface area contributed by atoms with E-state index in [1.165, 1.54) is 28.7 Å². The predicted molar refractivity (Wildman–Crippen MR) is 113 cm³/mol. The normalized spacial score (nSPS) is 11.1. The summed E-state index contributed by atoms with van der Waals surface area (Å²) in [4.78, 5) is 12.7. The second-order valence-corrected chi connectivity index (χ2v) is 8.87. The Kier molecular flexibility index (Phi) is 6.34. The Balaban J connectivity index is 1.57. The van der Waals surface area contributed by atoms with Crippen molar-refractivity contribution in [2.45, 2.75) is 44.6 Å². The first kappa shape index (κ1) is 19.6. The fourth-order valence-corrected chi connectivity index (χ4v) is 4.80. The molecule has 0 fully saturated rings. The summed E-state index contributed by atoms with van der Waals surface area (Å²) in [5, 5.41) is 12.4. The lowest BCUT2D eigenvalue weighted by molar-refractivity contribution is 0.102. The summed E-state index contributed by atoms with van der Waals surface area (Å²) in [5.41, 5.74) is 4.16. The van der Waals surface area contributed by atoms with E-state index < -0.39 is 0 Å². The Morgan fingerprint density at radius 2 is 1.96 bits per heavy atom. The van der Waals surface area contributed by atoms with E-state index >= 15 is 0 Å². The molecule has 27 heavy (non-hydrogen) atoms. The van der Waals surface area contributed by atoms with Crippen molar-refractivity contribution in [2.75, 3.05) is 11.1 Å². The molecule has 0 saturated heterocycles. The minimum atomic E-state index is 0.133. The fraction of sp³-hybridized carbons (Fsp3) is 0.350. The topological polar surface area (TPSA) is 59.8 Å². The molecule has 0 bridgehead atoms. The molecule has 1 N–H and O–H groups in total. The fourth-order valence-electron chi connectivity index (χ4n) is 3.17. The lowest BCUT2D eigenvalue weighted by atomic mass is 10.2. The number of thioether (sulfide) groups is 1. The number of aryl methyl sites for hydroxylation is 1. The number of nitrogens with zero attached hydrogens (tertiary/aromatic N) is 3. The minimum absolute atomic E-state index is 0.133. The molecule has 3 aromatic rings. The second-order valence-electron chi connectivity index (χ2n) is 6.67. The van der Waals surface area contributed by atoms with Gasteiger partial charge in [-0.3, -0.25) is 4.79 Å². The number of rotatable bonds is 8. The third-order valence-corrected chi connectivity index (χ3v) is 6.34. The summed E-state index contributed by atoms with van der Waals surface area (Å²) in [6, 6.07) is 12.5. The molecule has 5 nitrogen and oxygen atoms in total. The third-order valence-electron chi connectivity index (χ3n) is 4.32. The number of hydrogen-bond donors (Lipinski definition) is 1. The zero-order valence-corrected chi connectivity index (χ0v) is 17.7. The number of benzene rings is 1. The number of Topliss-reactive ketones (excluding diaryl/α,β-unsaturated/α-hetero) is 1. The molecule has 0 radical (unpaired) electrons. The highest BCUT2D eigenvalue weighted by Gasteiger charge is 2.18. The summed E-state index contributed by atoms with van der Waals surface area (Å²) < 4.78 is 3.01. The van der Waals surface area contributed by atoms with E-state index in [-0.39, 0.29) is 5.78 Å². The van der Waals surface area contributed by atoms with E-state index in [9.17, 15) is 4.79 Å². The first-order valence-corrected chi connectivity index (χ1v) is 10.7. The highest BCUT2D eigenvalue weighted by atomic mass is 32.2. The van der Waals surface area contributed by atoms with Crippen LogP contribution in [0.2, 0.25) is 0 Å². The van der Waals surface area contributed by atoms with Crippen molar-refractivity contribution in [3.63, 3.8) is 0 Å². The molecule has 0 amide bonds. The van der Waals surface area contributed by atoms with Gasteiger partial charge in [0.15, 0.2) is 10.1 Å². The molecule has 0 saturated carbocycles. The Hall–Kier alpha value is -2.12. The molecule has 142 valence electrons. The van der Waals surface area contributed by atoms with Gasteiger partial charge in [0.1, 0.15) is 0 Å². The van der Waals surface area contributed by atoms with Crippen molar-refractivity contribution in [3.8, 4) is 0 Å². The summed E-state index contributed by atoms with van der Waals surface area (Å²) >= 11 is 2.92. The number of nitrogens with one attached hydrogen (secondary N) is 1. The van der Waals surface area contributed by atoms with Crippen molar-refractivity contribution in [1.82, 2.24) is 14.8 Å².